The quantitative estimate of drug-likeness (QED) is 0.118. The van der Waals surface area contributed by atoms with Crippen LogP contribution in [0.3, 0.4) is 0 Å². The van der Waals surface area contributed by atoms with E-state index in [9.17, 15) is 0 Å². The number of rotatable bonds is 7. The van der Waals surface area contributed by atoms with Crippen molar-refractivity contribution in [1.29, 1.82) is 0 Å². The van der Waals surface area contributed by atoms with E-state index in [2.05, 4.69) is 74.5 Å². The minimum Gasteiger partial charge on any atom is -0.0841 e. The van der Waals surface area contributed by atoms with Crippen molar-refractivity contribution >= 4 is 43.1 Å². The van der Waals surface area contributed by atoms with E-state index in [0.717, 1.165) is 29.3 Å². The summed E-state index contributed by atoms with van der Waals surface area (Å²) in [5.74, 6) is 0. The average Bonchev–Trinajstić information content (AvgIpc) is 3.45. The van der Waals surface area contributed by atoms with Crippen LogP contribution in [0.2, 0.25) is 10.0 Å². The molecular formula is C33H32Cl2HfSi. The minimum atomic E-state index is -0.862. The van der Waals surface area contributed by atoms with Gasteiger partial charge in [-0.05, 0) is 80.2 Å². The molecule has 2 aliphatic carbocycles. The Kier molecular flexibility index (Phi) is 8.32. The number of hydrogen-bond donors (Lipinski definition) is 0. The van der Waals surface area contributed by atoms with Crippen molar-refractivity contribution in [1.82, 2.24) is 0 Å². The first-order valence-corrected chi connectivity index (χ1v) is 15.5. The van der Waals surface area contributed by atoms with Crippen molar-refractivity contribution < 1.29 is 25.8 Å². The van der Waals surface area contributed by atoms with Gasteiger partial charge >= 0.3 is 0 Å². The summed E-state index contributed by atoms with van der Waals surface area (Å²) in [4.78, 5) is 0. The van der Waals surface area contributed by atoms with E-state index in [-0.39, 0.29) is 25.8 Å². The zero-order valence-electron chi connectivity index (χ0n) is 21.7. The minimum absolute atomic E-state index is 0. The van der Waals surface area contributed by atoms with Crippen LogP contribution in [0.1, 0.15) is 66.0 Å². The molecule has 186 valence electrons. The van der Waals surface area contributed by atoms with Gasteiger partial charge in [0.1, 0.15) is 0 Å². The average molecular weight is 706 g/mol. The first kappa shape index (κ1) is 27.1. The molecule has 0 saturated heterocycles. The molecule has 2 aliphatic rings. The van der Waals surface area contributed by atoms with Gasteiger partial charge in [-0.2, -0.15) is 0 Å². The van der Waals surface area contributed by atoms with Crippen LogP contribution in [0.15, 0.2) is 60.7 Å². The van der Waals surface area contributed by atoms with Gasteiger partial charge in [0, 0.05) is 48.7 Å². The number of halogens is 2. The van der Waals surface area contributed by atoms with Crippen LogP contribution in [-0.2, 0) is 45.1 Å². The topological polar surface area (TPSA) is 0 Å². The molecule has 4 heteroatoms. The fraction of sp³-hybridized carbons (Fsp3) is 0.273. The molecule has 0 unspecified atom stereocenters. The van der Waals surface area contributed by atoms with Gasteiger partial charge in [0.2, 0.25) is 0 Å². The smallest absolute Gasteiger partial charge is 0.0841 e. The van der Waals surface area contributed by atoms with Crippen LogP contribution < -0.4 is 10.4 Å². The van der Waals surface area contributed by atoms with Crippen molar-refractivity contribution in [2.45, 2.75) is 58.8 Å². The van der Waals surface area contributed by atoms with Crippen LogP contribution in [0.5, 0.6) is 0 Å². The molecule has 0 fully saturated rings. The Morgan fingerprint density at radius 3 is 1.89 bits per heavy atom. The predicted molar refractivity (Wildman–Crippen MR) is 160 cm³/mol. The molecule has 0 aromatic heterocycles. The van der Waals surface area contributed by atoms with Crippen molar-refractivity contribution in [2.75, 3.05) is 0 Å². The summed E-state index contributed by atoms with van der Waals surface area (Å²) in [5, 5.41) is 4.79. The summed E-state index contributed by atoms with van der Waals surface area (Å²) >= 11 is 14.6. The number of fused-ring (bicyclic) bond motifs is 6. The number of benzene rings is 4. The fourth-order valence-electron chi connectivity index (χ4n) is 6.29. The van der Waals surface area contributed by atoms with E-state index >= 15 is 0 Å². The van der Waals surface area contributed by atoms with Crippen LogP contribution in [0.25, 0.3) is 22.3 Å². The Hall–Kier alpha value is -1.45. The van der Waals surface area contributed by atoms with Gasteiger partial charge in [0.15, 0.2) is 0 Å². The van der Waals surface area contributed by atoms with Gasteiger partial charge in [-0.15, -0.1) is 0 Å². The molecule has 0 radical (unpaired) electrons. The third kappa shape index (κ3) is 4.89. The maximum absolute atomic E-state index is 7.33. The number of unbranched alkanes of at least 4 members (excludes halogenated alkanes) is 3. The third-order valence-electron chi connectivity index (χ3n) is 8.26. The summed E-state index contributed by atoms with van der Waals surface area (Å²) in [6.07, 6.45) is 8.02. The van der Waals surface area contributed by atoms with Crippen molar-refractivity contribution in [3.63, 3.8) is 0 Å². The number of hydrogen-bond acceptors (Lipinski definition) is 0. The Morgan fingerprint density at radius 1 is 0.703 bits per heavy atom. The molecule has 0 spiro atoms. The summed E-state index contributed by atoms with van der Waals surface area (Å²) in [7, 11) is -0.862. The summed E-state index contributed by atoms with van der Waals surface area (Å²) in [6.45, 7) is 4.52. The molecule has 0 heterocycles. The van der Waals surface area contributed by atoms with E-state index in [1.807, 2.05) is 0 Å². The van der Waals surface area contributed by atoms with Gasteiger partial charge in [0.05, 0.1) is 9.52 Å². The molecule has 0 aliphatic heterocycles. The third-order valence-corrected chi connectivity index (χ3v) is 12.0. The Morgan fingerprint density at radius 2 is 1.27 bits per heavy atom. The SMILES string of the molecule is CCCCCCc1cc2c(c(Cl)c1[SiH2]c1c(C)cc3c(c1Cl)Cc1ccccc1-3)Cc1ccccc1-2.[Hf]. The van der Waals surface area contributed by atoms with Gasteiger partial charge in [0.25, 0.3) is 0 Å². The second kappa shape index (κ2) is 11.3. The molecule has 0 atom stereocenters. The van der Waals surface area contributed by atoms with Gasteiger partial charge in [-0.25, -0.2) is 0 Å². The monoisotopic (exact) mass is 706 g/mol. The zero-order chi connectivity index (χ0) is 24.8. The van der Waals surface area contributed by atoms with E-state index in [4.69, 9.17) is 23.2 Å². The molecule has 0 N–H and O–H groups in total. The first-order valence-electron chi connectivity index (χ1n) is 13.4. The summed E-state index contributed by atoms with van der Waals surface area (Å²) in [6, 6.07) is 22.4. The van der Waals surface area contributed by atoms with E-state index in [1.54, 1.807) is 0 Å². The normalized spacial score (nSPS) is 12.9. The van der Waals surface area contributed by atoms with E-state index in [0.29, 0.717) is 0 Å². The molecule has 37 heavy (non-hydrogen) atoms. The second-order valence-electron chi connectivity index (χ2n) is 10.5. The summed E-state index contributed by atoms with van der Waals surface area (Å²) < 4.78 is 0. The van der Waals surface area contributed by atoms with Crippen LogP contribution in [0, 0.1) is 6.92 Å². The second-order valence-corrected chi connectivity index (χ2v) is 13.0. The van der Waals surface area contributed by atoms with Crippen LogP contribution >= 0.6 is 23.2 Å². The van der Waals surface area contributed by atoms with Crippen molar-refractivity contribution in [3.05, 3.63) is 104 Å². The molecular weight excluding hydrogens is 674 g/mol. The Labute approximate surface area is 252 Å². The van der Waals surface area contributed by atoms with Crippen molar-refractivity contribution in [2.24, 2.45) is 0 Å². The van der Waals surface area contributed by atoms with Crippen LogP contribution in [0.4, 0.5) is 0 Å². The van der Waals surface area contributed by atoms with E-state index in [1.165, 1.54) is 91.7 Å². The fourth-order valence-corrected chi connectivity index (χ4v) is 9.27. The van der Waals surface area contributed by atoms with Gasteiger partial charge in [-0.3, -0.25) is 0 Å². The Balaban J connectivity index is 0.00000280. The molecule has 0 amide bonds. The Bertz CT molecular complexity index is 1490. The number of aryl methyl sites for hydroxylation is 2. The maximum atomic E-state index is 7.33. The van der Waals surface area contributed by atoms with Gasteiger partial charge < -0.3 is 0 Å². The maximum Gasteiger partial charge on any atom is 0.0921 e. The molecule has 0 nitrogen and oxygen atoms in total. The molecule has 0 bridgehead atoms. The first-order chi connectivity index (χ1) is 17.6. The standard InChI is InChI=1S/C33H32Cl2Si.Hf/c1-3-4-5-6-13-23-19-27-25-15-10-8-12-22(25)18-29(27)31(35)33(23)36-32-20(2)16-26-24-14-9-7-11-21(24)17-28(26)30(32)34;/h7-12,14-16,19H,3-6,13,17-18,36H2,1-2H3;. The summed E-state index contributed by atoms with van der Waals surface area (Å²) in [5.41, 5.74) is 13.6. The molecule has 6 rings (SSSR count). The molecule has 4 aromatic rings. The predicted octanol–water partition coefficient (Wildman–Crippen LogP) is 7.68. The van der Waals surface area contributed by atoms with Crippen molar-refractivity contribution in [3.8, 4) is 22.3 Å². The van der Waals surface area contributed by atoms with E-state index < -0.39 is 9.52 Å². The van der Waals surface area contributed by atoms with Gasteiger partial charge in [-0.1, -0.05) is 116 Å². The zero-order valence-corrected chi connectivity index (χ0v) is 28.2. The van der Waals surface area contributed by atoms with Crippen LogP contribution in [-0.4, -0.2) is 9.52 Å². The largest absolute Gasteiger partial charge is 0.0921 e. The molecule has 4 aromatic carbocycles. The molecule has 0 saturated carbocycles.